The van der Waals surface area contributed by atoms with Crippen LogP contribution in [-0.4, -0.2) is 17.6 Å². The molecular weight excluding hydrogens is 320 g/mol. The summed E-state index contributed by atoms with van der Waals surface area (Å²) < 4.78 is 5.44. The van der Waals surface area contributed by atoms with Crippen molar-refractivity contribution in [1.29, 1.82) is 0 Å². The lowest BCUT2D eigenvalue weighted by Crippen LogP contribution is -2.25. The number of hydrogen-bond acceptors (Lipinski definition) is 4. The highest BCUT2D eigenvalue weighted by Gasteiger charge is 2.24. The number of carbonyl (C=O) groups is 1. The van der Waals surface area contributed by atoms with E-state index >= 15 is 0 Å². The van der Waals surface area contributed by atoms with E-state index in [1.165, 1.54) is 5.56 Å². The van der Waals surface area contributed by atoms with Crippen LogP contribution in [0.1, 0.15) is 23.3 Å². The highest BCUT2D eigenvalue weighted by atomic mass is 32.2. The molecule has 120 valence electrons. The van der Waals surface area contributed by atoms with E-state index in [0.717, 1.165) is 16.2 Å². The minimum Gasteiger partial charge on any atom is -0.482 e. The minimum absolute atomic E-state index is 0.0705. The van der Waals surface area contributed by atoms with Gasteiger partial charge in [0.1, 0.15) is 5.75 Å². The van der Waals surface area contributed by atoms with Crippen LogP contribution in [0.4, 0.5) is 5.69 Å². The summed E-state index contributed by atoms with van der Waals surface area (Å²) in [5.41, 5.74) is 4.12. The molecule has 2 aromatic carbocycles. The highest BCUT2D eigenvalue weighted by Crippen LogP contribution is 2.45. The zero-order valence-corrected chi connectivity index (χ0v) is 14.0. The van der Waals surface area contributed by atoms with E-state index in [4.69, 9.17) is 4.74 Å². The predicted octanol–water partition coefficient (Wildman–Crippen LogP) is 4.26. The van der Waals surface area contributed by atoms with Crippen LogP contribution in [-0.2, 0) is 4.79 Å². The van der Waals surface area contributed by atoms with Crippen molar-refractivity contribution < 1.29 is 9.53 Å². The molecule has 4 nitrogen and oxygen atoms in total. The van der Waals surface area contributed by atoms with Crippen molar-refractivity contribution in [2.45, 2.75) is 12.2 Å². The van der Waals surface area contributed by atoms with Gasteiger partial charge in [-0.3, -0.25) is 9.79 Å². The first-order valence-corrected chi connectivity index (χ1v) is 8.62. The molecule has 1 N–H and O–H groups in total. The van der Waals surface area contributed by atoms with Crippen LogP contribution < -0.4 is 10.1 Å². The second-order valence-corrected chi connectivity index (χ2v) is 6.99. The fraction of sp³-hybridized carbons (Fsp3) is 0.158. The summed E-state index contributed by atoms with van der Waals surface area (Å²) in [4.78, 5) is 16.1. The van der Waals surface area contributed by atoms with Crippen molar-refractivity contribution in [3.8, 4) is 5.75 Å². The number of amides is 1. The maximum Gasteiger partial charge on any atom is 0.262 e. The molecule has 0 radical (unpaired) electrons. The number of carbonyl (C=O) groups excluding carboxylic acids is 1. The number of fused-ring (bicyclic) bond motifs is 1. The number of rotatable bonds is 2. The van der Waals surface area contributed by atoms with E-state index in [1.54, 1.807) is 11.8 Å². The smallest absolute Gasteiger partial charge is 0.262 e. The quantitative estimate of drug-likeness (QED) is 0.891. The van der Waals surface area contributed by atoms with Gasteiger partial charge >= 0.3 is 0 Å². The van der Waals surface area contributed by atoms with Gasteiger partial charge in [-0.2, -0.15) is 0 Å². The van der Waals surface area contributed by atoms with Crippen LogP contribution >= 0.6 is 11.8 Å². The average molecular weight is 336 g/mol. The Kier molecular flexibility index (Phi) is 3.86. The van der Waals surface area contributed by atoms with Crippen LogP contribution in [0.25, 0.3) is 5.57 Å². The topological polar surface area (TPSA) is 50.7 Å². The highest BCUT2D eigenvalue weighted by molar-refractivity contribution is 8.14. The molecular formula is C19H16N2O2S. The Morgan fingerprint density at radius 1 is 1.21 bits per heavy atom. The van der Waals surface area contributed by atoms with Crippen molar-refractivity contribution in [3.05, 3.63) is 65.9 Å². The van der Waals surface area contributed by atoms with Crippen LogP contribution in [0.3, 0.4) is 0 Å². The summed E-state index contributed by atoms with van der Waals surface area (Å²) in [7, 11) is 0. The molecule has 2 aliphatic heterocycles. The monoisotopic (exact) mass is 336 g/mol. The molecule has 0 aliphatic carbocycles. The Balaban J connectivity index is 1.76. The van der Waals surface area contributed by atoms with E-state index in [0.29, 0.717) is 11.4 Å². The van der Waals surface area contributed by atoms with Crippen molar-refractivity contribution in [2.75, 3.05) is 11.9 Å². The van der Waals surface area contributed by atoms with Gasteiger partial charge in [-0.25, -0.2) is 0 Å². The van der Waals surface area contributed by atoms with Crippen LogP contribution in [0.15, 0.2) is 59.7 Å². The molecule has 1 unspecified atom stereocenters. The van der Waals surface area contributed by atoms with E-state index in [1.807, 2.05) is 37.4 Å². The SMILES string of the molecule is CC1=NC=C(c2ccc3c(c2)NC(=O)CO3)C(c2ccccc2)S1. The number of benzene rings is 2. The minimum atomic E-state index is -0.125. The first-order valence-electron chi connectivity index (χ1n) is 7.74. The fourth-order valence-electron chi connectivity index (χ4n) is 2.86. The Bertz CT molecular complexity index is 859. The molecule has 2 aromatic rings. The normalized spacial score (nSPS) is 19.5. The van der Waals surface area contributed by atoms with Crippen LogP contribution in [0.2, 0.25) is 0 Å². The third kappa shape index (κ3) is 2.83. The number of nitrogens with one attached hydrogen (secondary N) is 1. The zero-order chi connectivity index (χ0) is 16.5. The molecule has 24 heavy (non-hydrogen) atoms. The van der Waals surface area contributed by atoms with Crippen molar-refractivity contribution >= 4 is 34.0 Å². The first kappa shape index (κ1) is 15.0. The average Bonchev–Trinajstić information content (AvgIpc) is 2.62. The van der Waals surface area contributed by atoms with Gasteiger partial charge in [0.05, 0.1) is 16.0 Å². The molecule has 2 aliphatic rings. The molecule has 4 rings (SSSR count). The number of ether oxygens (including phenoxy) is 1. The maximum absolute atomic E-state index is 11.6. The Hall–Kier alpha value is -2.53. The molecule has 0 fully saturated rings. The molecule has 2 heterocycles. The summed E-state index contributed by atoms with van der Waals surface area (Å²) in [5, 5.41) is 4.10. The summed E-state index contributed by atoms with van der Waals surface area (Å²) in [6, 6.07) is 16.3. The standard InChI is InChI=1S/C19H16N2O2S/c1-12-20-10-15(19(24-12)13-5-3-2-4-6-13)14-7-8-17-16(9-14)21-18(22)11-23-17/h2-10,19H,11H2,1H3,(H,21,22). The maximum atomic E-state index is 11.6. The zero-order valence-electron chi connectivity index (χ0n) is 13.2. The Morgan fingerprint density at radius 2 is 2.04 bits per heavy atom. The number of nitrogens with zero attached hydrogens (tertiary/aromatic N) is 1. The predicted molar refractivity (Wildman–Crippen MR) is 98.4 cm³/mol. The molecule has 5 heteroatoms. The van der Waals surface area contributed by atoms with E-state index in [9.17, 15) is 4.79 Å². The number of anilines is 1. The third-order valence-electron chi connectivity index (χ3n) is 4.00. The molecule has 0 aromatic heterocycles. The lowest BCUT2D eigenvalue weighted by Gasteiger charge is -2.25. The molecule has 0 saturated carbocycles. The van der Waals surface area contributed by atoms with Gasteiger partial charge in [0.15, 0.2) is 6.61 Å². The van der Waals surface area contributed by atoms with Gasteiger partial charge in [-0.1, -0.05) is 48.2 Å². The number of thioether (sulfide) groups is 1. The number of aliphatic imine (C=N–C) groups is 1. The lowest BCUT2D eigenvalue weighted by atomic mass is 9.97. The second-order valence-electron chi connectivity index (χ2n) is 5.69. The fourth-order valence-corrected chi connectivity index (χ4v) is 3.93. The lowest BCUT2D eigenvalue weighted by molar-refractivity contribution is -0.118. The summed E-state index contributed by atoms with van der Waals surface area (Å²) in [6.45, 7) is 2.09. The van der Waals surface area contributed by atoms with Gasteiger partial charge in [-0.05, 0) is 35.8 Å². The summed E-state index contributed by atoms with van der Waals surface area (Å²) >= 11 is 1.74. The molecule has 1 atom stereocenters. The molecule has 0 spiro atoms. The van der Waals surface area contributed by atoms with E-state index in [2.05, 4.69) is 34.6 Å². The van der Waals surface area contributed by atoms with E-state index < -0.39 is 0 Å². The Labute approximate surface area is 144 Å². The van der Waals surface area contributed by atoms with E-state index in [-0.39, 0.29) is 17.8 Å². The molecule has 1 amide bonds. The summed E-state index contributed by atoms with van der Waals surface area (Å²) in [6.07, 6.45) is 1.93. The molecule has 0 saturated heterocycles. The van der Waals surface area contributed by atoms with Gasteiger partial charge in [-0.15, -0.1) is 0 Å². The molecule has 0 bridgehead atoms. The van der Waals surface area contributed by atoms with Crippen molar-refractivity contribution in [3.63, 3.8) is 0 Å². The summed E-state index contributed by atoms with van der Waals surface area (Å²) in [5.74, 6) is 0.582. The Morgan fingerprint density at radius 3 is 2.88 bits per heavy atom. The van der Waals surface area contributed by atoms with Gasteiger partial charge < -0.3 is 10.1 Å². The van der Waals surface area contributed by atoms with Crippen LogP contribution in [0, 0.1) is 0 Å². The van der Waals surface area contributed by atoms with Gasteiger partial charge in [0.25, 0.3) is 5.91 Å². The van der Waals surface area contributed by atoms with Crippen molar-refractivity contribution in [1.82, 2.24) is 0 Å². The second kappa shape index (κ2) is 6.17. The van der Waals surface area contributed by atoms with Gasteiger partial charge in [0, 0.05) is 6.20 Å². The third-order valence-corrected chi connectivity index (χ3v) is 5.21. The van der Waals surface area contributed by atoms with Gasteiger partial charge in [0.2, 0.25) is 0 Å². The first-order chi connectivity index (χ1) is 11.7. The van der Waals surface area contributed by atoms with Crippen LogP contribution in [0.5, 0.6) is 5.75 Å². The largest absolute Gasteiger partial charge is 0.482 e. The number of hydrogen-bond donors (Lipinski definition) is 1. The van der Waals surface area contributed by atoms with Crippen molar-refractivity contribution in [2.24, 2.45) is 4.99 Å².